The lowest BCUT2D eigenvalue weighted by Crippen LogP contribution is -2.18. The first-order valence-corrected chi connectivity index (χ1v) is 5.95. The van der Waals surface area contributed by atoms with Gasteiger partial charge in [-0.05, 0) is 29.9 Å². The second-order valence-corrected chi connectivity index (χ2v) is 4.40. The van der Waals surface area contributed by atoms with Crippen molar-refractivity contribution in [3.05, 3.63) is 83.6 Å². The molecule has 3 aliphatic heterocycles. The molecule has 2 heteroatoms. The van der Waals surface area contributed by atoms with E-state index in [1.165, 1.54) is 16.8 Å². The number of nitrogens with zero attached hydrogens (tertiary/aromatic N) is 1. The van der Waals surface area contributed by atoms with Gasteiger partial charge in [0.25, 0.3) is 0 Å². The van der Waals surface area contributed by atoms with Crippen LogP contribution in [0.2, 0.25) is 0 Å². The number of ether oxygens (including phenoxy) is 1. The topological polar surface area (TPSA) is 12.5 Å². The Labute approximate surface area is 105 Å². The van der Waals surface area contributed by atoms with Gasteiger partial charge in [0, 0.05) is 17.3 Å². The van der Waals surface area contributed by atoms with Gasteiger partial charge in [0.05, 0.1) is 18.2 Å². The van der Waals surface area contributed by atoms with Crippen molar-refractivity contribution in [3.63, 3.8) is 0 Å². The number of allylic oxidation sites excluding steroid dienone is 3. The Balaban J connectivity index is 1.91. The van der Waals surface area contributed by atoms with Crippen LogP contribution in [0.15, 0.2) is 72.5 Å². The van der Waals surface area contributed by atoms with Gasteiger partial charge in [-0.3, -0.25) is 0 Å². The number of fused-ring (bicyclic) bond motifs is 4. The molecule has 0 amide bonds. The summed E-state index contributed by atoms with van der Waals surface area (Å²) in [5.74, 6) is 0.894. The van der Waals surface area contributed by atoms with E-state index in [1.807, 2.05) is 12.3 Å². The molecule has 0 N–H and O–H groups in total. The van der Waals surface area contributed by atoms with Crippen LogP contribution in [0.1, 0.15) is 11.1 Å². The maximum absolute atomic E-state index is 5.51. The van der Waals surface area contributed by atoms with Crippen LogP contribution in [-0.2, 0) is 4.74 Å². The maximum Gasteiger partial charge on any atom is 0.150 e. The first-order chi connectivity index (χ1) is 8.92. The fraction of sp³-hybridized carbons (Fsp3) is 0. The van der Waals surface area contributed by atoms with E-state index in [0.717, 1.165) is 11.3 Å². The molecule has 0 aromatic heterocycles. The van der Waals surface area contributed by atoms with Crippen molar-refractivity contribution < 1.29 is 4.74 Å². The Kier molecular flexibility index (Phi) is 1.86. The van der Waals surface area contributed by atoms with E-state index in [4.69, 9.17) is 4.74 Å². The summed E-state index contributed by atoms with van der Waals surface area (Å²) in [6.45, 7) is 0. The minimum atomic E-state index is 0.894. The molecule has 0 spiro atoms. The van der Waals surface area contributed by atoms with Gasteiger partial charge in [-0.15, -0.1) is 0 Å². The molecule has 86 valence electrons. The molecular weight excluding hydrogens is 222 g/mol. The molecule has 0 atom stereocenters. The monoisotopic (exact) mass is 233 g/mol. The van der Waals surface area contributed by atoms with Gasteiger partial charge in [0.15, 0.2) is 0 Å². The van der Waals surface area contributed by atoms with E-state index in [0.29, 0.717) is 0 Å². The molecule has 0 saturated carbocycles. The quantitative estimate of drug-likeness (QED) is 0.678. The standard InChI is InChI=1S/C16H11NO/c1-2-6-14-12(4-1)7-8-17-11-16-13(10-15(14)17)5-3-9-18-16/h1-11H. The average molecular weight is 233 g/mol. The third-order valence-corrected chi connectivity index (χ3v) is 3.31. The summed E-state index contributed by atoms with van der Waals surface area (Å²) in [6, 6.07) is 8.42. The lowest BCUT2D eigenvalue weighted by molar-refractivity contribution is 0.348. The highest BCUT2D eigenvalue weighted by Gasteiger charge is 2.22. The highest BCUT2D eigenvalue weighted by Crippen LogP contribution is 2.36. The highest BCUT2D eigenvalue weighted by atomic mass is 16.5. The zero-order chi connectivity index (χ0) is 11.9. The molecule has 18 heavy (non-hydrogen) atoms. The van der Waals surface area contributed by atoms with Crippen LogP contribution in [0.4, 0.5) is 0 Å². The van der Waals surface area contributed by atoms with Crippen molar-refractivity contribution in [2.75, 3.05) is 0 Å². The van der Waals surface area contributed by atoms with E-state index in [2.05, 4.69) is 53.6 Å². The Bertz CT molecular complexity index is 674. The molecule has 1 aromatic rings. The van der Waals surface area contributed by atoms with Crippen LogP contribution in [0.25, 0.3) is 11.8 Å². The summed E-state index contributed by atoms with van der Waals surface area (Å²) < 4.78 is 5.51. The summed E-state index contributed by atoms with van der Waals surface area (Å²) >= 11 is 0. The van der Waals surface area contributed by atoms with E-state index >= 15 is 0 Å². The van der Waals surface area contributed by atoms with E-state index in [9.17, 15) is 0 Å². The second-order valence-electron chi connectivity index (χ2n) is 4.40. The second kappa shape index (κ2) is 3.50. The van der Waals surface area contributed by atoms with Crippen LogP contribution >= 0.6 is 0 Å². The van der Waals surface area contributed by atoms with Crippen molar-refractivity contribution in [1.82, 2.24) is 4.90 Å². The third-order valence-electron chi connectivity index (χ3n) is 3.31. The molecule has 0 bridgehead atoms. The molecule has 0 saturated heterocycles. The van der Waals surface area contributed by atoms with Crippen LogP contribution in [0.5, 0.6) is 0 Å². The van der Waals surface area contributed by atoms with E-state index < -0.39 is 0 Å². The Hall–Kier alpha value is -2.48. The number of benzene rings is 1. The molecule has 3 aliphatic rings. The molecular formula is C16H11NO. The summed E-state index contributed by atoms with van der Waals surface area (Å²) in [5.41, 5.74) is 4.83. The minimum absolute atomic E-state index is 0.894. The van der Waals surface area contributed by atoms with Gasteiger partial charge in [-0.25, -0.2) is 0 Å². The number of hydrogen-bond donors (Lipinski definition) is 0. The van der Waals surface area contributed by atoms with E-state index in [1.54, 1.807) is 6.26 Å². The van der Waals surface area contributed by atoms with Crippen molar-refractivity contribution in [2.45, 2.75) is 0 Å². The lowest BCUT2D eigenvalue weighted by atomic mass is 9.96. The van der Waals surface area contributed by atoms with Crippen molar-refractivity contribution in [2.24, 2.45) is 0 Å². The van der Waals surface area contributed by atoms with Crippen molar-refractivity contribution >= 4 is 11.8 Å². The smallest absolute Gasteiger partial charge is 0.150 e. The molecule has 4 rings (SSSR count). The van der Waals surface area contributed by atoms with Gasteiger partial charge >= 0.3 is 0 Å². The van der Waals surface area contributed by atoms with E-state index in [-0.39, 0.29) is 0 Å². The van der Waals surface area contributed by atoms with Gasteiger partial charge in [-0.1, -0.05) is 24.3 Å². The molecule has 0 radical (unpaired) electrons. The third kappa shape index (κ3) is 1.29. The van der Waals surface area contributed by atoms with Gasteiger partial charge in [0.2, 0.25) is 0 Å². The lowest BCUT2D eigenvalue weighted by Gasteiger charge is -2.30. The fourth-order valence-corrected chi connectivity index (χ4v) is 2.42. The normalized spacial score (nSPS) is 18.9. The first-order valence-electron chi connectivity index (χ1n) is 5.95. The molecule has 0 aliphatic carbocycles. The Morgan fingerprint density at radius 3 is 3.06 bits per heavy atom. The van der Waals surface area contributed by atoms with Gasteiger partial charge < -0.3 is 9.64 Å². The predicted octanol–water partition coefficient (Wildman–Crippen LogP) is 3.64. The average Bonchev–Trinajstić information content (AvgIpc) is 2.45. The largest absolute Gasteiger partial charge is 0.463 e. The van der Waals surface area contributed by atoms with Gasteiger partial charge in [0.1, 0.15) is 5.76 Å². The predicted molar refractivity (Wildman–Crippen MR) is 71.7 cm³/mol. The molecule has 0 unspecified atom stereocenters. The van der Waals surface area contributed by atoms with Crippen molar-refractivity contribution in [1.29, 1.82) is 0 Å². The number of rotatable bonds is 0. The first kappa shape index (κ1) is 9.54. The van der Waals surface area contributed by atoms with Crippen LogP contribution in [0, 0.1) is 0 Å². The Morgan fingerprint density at radius 2 is 2.06 bits per heavy atom. The van der Waals surface area contributed by atoms with Gasteiger partial charge in [-0.2, -0.15) is 0 Å². The zero-order valence-electron chi connectivity index (χ0n) is 9.71. The van der Waals surface area contributed by atoms with Crippen LogP contribution in [0.3, 0.4) is 0 Å². The molecule has 0 fully saturated rings. The Morgan fingerprint density at radius 1 is 1.11 bits per heavy atom. The summed E-state index contributed by atoms with van der Waals surface area (Å²) in [4.78, 5) is 2.11. The summed E-state index contributed by atoms with van der Waals surface area (Å²) in [7, 11) is 0. The SMILES string of the molecule is C1=COC2=CN3C=Cc4ccccc4C3=CC2=C1. The fourth-order valence-electron chi connectivity index (χ4n) is 2.42. The summed E-state index contributed by atoms with van der Waals surface area (Å²) in [6.07, 6.45) is 14.1. The maximum atomic E-state index is 5.51. The van der Waals surface area contributed by atoms with Crippen LogP contribution in [-0.4, -0.2) is 4.90 Å². The molecule has 1 aromatic carbocycles. The van der Waals surface area contributed by atoms with Crippen LogP contribution < -0.4 is 0 Å². The minimum Gasteiger partial charge on any atom is -0.463 e. The molecule has 2 nitrogen and oxygen atoms in total. The highest BCUT2D eigenvalue weighted by molar-refractivity contribution is 5.81. The zero-order valence-corrected chi connectivity index (χ0v) is 9.71. The molecule has 3 heterocycles. The summed E-state index contributed by atoms with van der Waals surface area (Å²) in [5, 5.41) is 0. The number of hydrogen-bond acceptors (Lipinski definition) is 2. The van der Waals surface area contributed by atoms with Crippen molar-refractivity contribution in [3.8, 4) is 0 Å².